The zero-order valence-electron chi connectivity index (χ0n) is 10.6. The van der Waals surface area contributed by atoms with Crippen molar-refractivity contribution in [2.45, 2.75) is 12.8 Å². The number of amides is 1. The van der Waals surface area contributed by atoms with Crippen LogP contribution in [0.1, 0.15) is 12.8 Å². The lowest BCUT2D eigenvalue weighted by Crippen LogP contribution is -2.22. The maximum atomic E-state index is 11.5. The monoisotopic (exact) mass is 252 g/mol. The summed E-state index contributed by atoms with van der Waals surface area (Å²) in [5, 5.41) is 11.6. The predicted molar refractivity (Wildman–Crippen MR) is 71.5 cm³/mol. The first-order valence-corrected chi connectivity index (χ1v) is 5.95. The first-order valence-electron chi connectivity index (χ1n) is 5.95. The molecule has 0 aromatic carbocycles. The van der Waals surface area contributed by atoms with Gasteiger partial charge in [0, 0.05) is 20.0 Å². The summed E-state index contributed by atoms with van der Waals surface area (Å²) in [6, 6.07) is 3.59. The summed E-state index contributed by atoms with van der Waals surface area (Å²) in [5.41, 5.74) is 6.00. The van der Waals surface area contributed by atoms with Gasteiger partial charge in [-0.3, -0.25) is 4.79 Å². The molecule has 18 heavy (non-hydrogen) atoms. The number of carbonyl (C=O) groups excluding carboxylic acids is 1. The summed E-state index contributed by atoms with van der Waals surface area (Å²) >= 11 is 0. The molecule has 1 heterocycles. The largest absolute Gasteiger partial charge is 0.395 e. The van der Waals surface area contributed by atoms with Crippen LogP contribution in [0.3, 0.4) is 0 Å². The number of hydrogen-bond donors (Lipinski definition) is 3. The maximum Gasteiger partial charge on any atom is 0.224 e. The summed E-state index contributed by atoms with van der Waals surface area (Å²) in [5.74, 6) is 0.697. The Morgan fingerprint density at radius 1 is 1.56 bits per heavy atom. The van der Waals surface area contributed by atoms with Gasteiger partial charge in [-0.25, -0.2) is 4.98 Å². The molecule has 0 radical (unpaired) electrons. The van der Waals surface area contributed by atoms with E-state index in [1.54, 1.807) is 18.3 Å². The Morgan fingerprint density at radius 3 is 2.89 bits per heavy atom. The average molecular weight is 252 g/mol. The number of aliphatic hydroxyl groups excluding tert-OH is 1. The van der Waals surface area contributed by atoms with E-state index in [0.717, 1.165) is 5.82 Å². The molecule has 0 aliphatic carbocycles. The van der Waals surface area contributed by atoms with Gasteiger partial charge in [0.25, 0.3) is 0 Å². The van der Waals surface area contributed by atoms with Gasteiger partial charge in [0.2, 0.25) is 5.91 Å². The summed E-state index contributed by atoms with van der Waals surface area (Å²) in [4.78, 5) is 17.5. The molecule has 0 spiro atoms. The zero-order chi connectivity index (χ0) is 13.4. The van der Waals surface area contributed by atoms with Gasteiger partial charge < -0.3 is 21.1 Å². The number of likely N-dealkylation sites (N-methyl/N-ethyl adjacent to an activating group) is 1. The number of hydrogen-bond acceptors (Lipinski definition) is 5. The molecule has 0 saturated carbocycles. The number of anilines is 2. The molecule has 6 nitrogen and oxygen atoms in total. The summed E-state index contributed by atoms with van der Waals surface area (Å²) in [6.07, 6.45) is 2.70. The highest BCUT2D eigenvalue weighted by atomic mass is 16.3. The van der Waals surface area contributed by atoms with E-state index in [0.29, 0.717) is 31.6 Å². The van der Waals surface area contributed by atoms with E-state index in [1.165, 1.54) is 0 Å². The van der Waals surface area contributed by atoms with Crippen molar-refractivity contribution in [1.82, 2.24) is 4.98 Å². The Labute approximate surface area is 107 Å². The third kappa shape index (κ3) is 4.68. The Kier molecular flexibility index (Phi) is 6.10. The van der Waals surface area contributed by atoms with Gasteiger partial charge in [-0.15, -0.1) is 0 Å². The van der Waals surface area contributed by atoms with Crippen molar-refractivity contribution in [2.24, 2.45) is 5.73 Å². The number of carbonyl (C=O) groups is 1. The fraction of sp³-hybridized carbons (Fsp3) is 0.500. The van der Waals surface area contributed by atoms with Crippen molar-refractivity contribution in [1.29, 1.82) is 0 Å². The van der Waals surface area contributed by atoms with E-state index in [1.807, 2.05) is 11.9 Å². The summed E-state index contributed by atoms with van der Waals surface area (Å²) < 4.78 is 0. The van der Waals surface area contributed by atoms with E-state index in [9.17, 15) is 4.79 Å². The van der Waals surface area contributed by atoms with E-state index < -0.39 is 0 Å². The Hall–Kier alpha value is -1.66. The van der Waals surface area contributed by atoms with E-state index in [-0.39, 0.29) is 12.5 Å². The molecule has 0 atom stereocenters. The lowest BCUT2D eigenvalue weighted by molar-refractivity contribution is -0.116. The molecule has 0 aliphatic heterocycles. The maximum absolute atomic E-state index is 11.5. The molecule has 0 fully saturated rings. The minimum Gasteiger partial charge on any atom is -0.395 e. The molecule has 0 saturated heterocycles. The van der Waals surface area contributed by atoms with Crippen molar-refractivity contribution >= 4 is 17.4 Å². The van der Waals surface area contributed by atoms with Gasteiger partial charge in [-0.1, -0.05) is 0 Å². The van der Waals surface area contributed by atoms with E-state index in [4.69, 9.17) is 10.8 Å². The first-order chi connectivity index (χ1) is 8.67. The van der Waals surface area contributed by atoms with Crippen LogP contribution in [0.25, 0.3) is 0 Å². The molecule has 1 aromatic rings. The number of nitrogens with one attached hydrogen (secondary N) is 1. The van der Waals surface area contributed by atoms with Crippen LogP contribution in [0, 0.1) is 0 Å². The standard InChI is InChI=1S/C12H20N4O2/c1-16(7-8-17)11-5-4-10(9-14-11)15-12(18)3-2-6-13/h4-5,9,17H,2-3,6-8,13H2,1H3,(H,15,18). The summed E-state index contributed by atoms with van der Waals surface area (Å²) in [7, 11) is 1.85. The third-order valence-electron chi connectivity index (χ3n) is 2.47. The van der Waals surface area contributed by atoms with Crippen LogP contribution in [0.5, 0.6) is 0 Å². The second-order valence-electron chi connectivity index (χ2n) is 3.99. The highest BCUT2D eigenvalue weighted by Gasteiger charge is 2.04. The quantitative estimate of drug-likeness (QED) is 0.644. The molecule has 0 unspecified atom stereocenters. The minimum absolute atomic E-state index is 0.0567. The lowest BCUT2D eigenvalue weighted by Gasteiger charge is -2.16. The smallest absolute Gasteiger partial charge is 0.224 e. The topological polar surface area (TPSA) is 91.5 Å². The molecule has 0 bridgehead atoms. The number of aliphatic hydroxyl groups is 1. The van der Waals surface area contributed by atoms with Gasteiger partial charge in [-0.05, 0) is 25.1 Å². The summed E-state index contributed by atoms with van der Waals surface area (Å²) in [6.45, 7) is 1.11. The highest BCUT2D eigenvalue weighted by molar-refractivity contribution is 5.90. The lowest BCUT2D eigenvalue weighted by atomic mass is 10.3. The second kappa shape index (κ2) is 7.62. The van der Waals surface area contributed by atoms with Crippen molar-refractivity contribution in [3.05, 3.63) is 18.3 Å². The van der Waals surface area contributed by atoms with Crippen LogP contribution in [0.15, 0.2) is 18.3 Å². The van der Waals surface area contributed by atoms with Gasteiger partial charge >= 0.3 is 0 Å². The molecule has 1 amide bonds. The average Bonchev–Trinajstić information content (AvgIpc) is 2.37. The van der Waals surface area contributed by atoms with Gasteiger partial charge in [0.15, 0.2) is 0 Å². The molecule has 4 N–H and O–H groups in total. The number of pyridine rings is 1. The Balaban J connectivity index is 2.52. The number of aromatic nitrogens is 1. The molecule has 1 aromatic heterocycles. The highest BCUT2D eigenvalue weighted by Crippen LogP contribution is 2.12. The fourth-order valence-corrected chi connectivity index (χ4v) is 1.44. The molecule has 100 valence electrons. The van der Waals surface area contributed by atoms with Crippen LogP contribution in [-0.4, -0.2) is 42.7 Å². The molecule has 0 aliphatic rings. The van der Waals surface area contributed by atoms with Crippen LogP contribution >= 0.6 is 0 Å². The van der Waals surface area contributed by atoms with Crippen LogP contribution in [0.4, 0.5) is 11.5 Å². The SMILES string of the molecule is CN(CCO)c1ccc(NC(=O)CCCN)cn1. The normalized spacial score (nSPS) is 10.2. The molecule has 6 heteroatoms. The number of nitrogens with two attached hydrogens (primary N) is 1. The first kappa shape index (κ1) is 14.4. The number of rotatable bonds is 7. The van der Waals surface area contributed by atoms with Crippen LogP contribution in [-0.2, 0) is 4.79 Å². The van der Waals surface area contributed by atoms with Crippen LogP contribution < -0.4 is 16.0 Å². The van der Waals surface area contributed by atoms with Crippen LogP contribution in [0.2, 0.25) is 0 Å². The van der Waals surface area contributed by atoms with E-state index >= 15 is 0 Å². The van der Waals surface area contributed by atoms with Gasteiger partial charge in [0.05, 0.1) is 18.5 Å². The zero-order valence-corrected chi connectivity index (χ0v) is 10.6. The van der Waals surface area contributed by atoms with Crippen molar-refractivity contribution in [3.63, 3.8) is 0 Å². The van der Waals surface area contributed by atoms with E-state index in [2.05, 4.69) is 10.3 Å². The van der Waals surface area contributed by atoms with Gasteiger partial charge in [-0.2, -0.15) is 0 Å². The molecular formula is C12H20N4O2. The Morgan fingerprint density at radius 2 is 2.33 bits per heavy atom. The fourth-order valence-electron chi connectivity index (χ4n) is 1.44. The third-order valence-corrected chi connectivity index (χ3v) is 2.47. The van der Waals surface area contributed by atoms with Crippen molar-refractivity contribution in [2.75, 3.05) is 37.0 Å². The molecular weight excluding hydrogens is 232 g/mol. The second-order valence-corrected chi connectivity index (χ2v) is 3.99. The van der Waals surface area contributed by atoms with Gasteiger partial charge in [0.1, 0.15) is 5.82 Å². The predicted octanol–water partition coefficient (Wildman–Crippen LogP) is 0.187. The van der Waals surface area contributed by atoms with Crippen molar-refractivity contribution in [3.8, 4) is 0 Å². The Bertz CT molecular complexity index is 367. The minimum atomic E-state index is -0.0567. The molecule has 1 rings (SSSR count). The number of nitrogens with zero attached hydrogens (tertiary/aromatic N) is 2. The van der Waals surface area contributed by atoms with Crippen molar-refractivity contribution < 1.29 is 9.90 Å².